The van der Waals surface area contributed by atoms with Gasteiger partial charge >= 0.3 is 0 Å². The summed E-state index contributed by atoms with van der Waals surface area (Å²) >= 11 is 5.43. The van der Waals surface area contributed by atoms with Gasteiger partial charge in [0.1, 0.15) is 0 Å². The molecule has 3 unspecified atom stereocenters. The Kier molecular flexibility index (Phi) is 7.63. The van der Waals surface area contributed by atoms with Gasteiger partial charge in [0.05, 0.1) is 13.2 Å². The summed E-state index contributed by atoms with van der Waals surface area (Å²) in [5.74, 6) is 0.461. The van der Waals surface area contributed by atoms with Gasteiger partial charge in [0.15, 0.2) is 13.4 Å². The molecule has 0 aromatic heterocycles. The van der Waals surface area contributed by atoms with Crippen molar-refractivity contribution in [2.45, 2.75) is 65.3 Å². The smallest absolute Gasteiger partial charge is 0.192 e. The van der Waals surface area contributed by atoms with Crippen LogP contribution in [0.15, 0.2) is 30.3 Å². The van der Waals surface area contributed by atoms with Crippen LogP contribution in [0, 0.1) is 11.8 Å². The second-order valence-electron chi connectivity index (χ2n) is 8.32. The summed E-state index contributed by atoms with van der Waals surface area (Å²) in [7, 11) is -0.228. The lowest BCUT2D eigenvalue weighted by molar-refractivity contribution is 0.0924. The maximum absolute atomic E-state index is 6.79. The van der Waals surface area contributed by atoms with Crippen LogP contribution in [0.3, 0.4) is 0 Å². The molecule has 0 aliphatic heterocycles. The van der Waals surface area contributed by atoms with Crippen LogP contribution in [0.1, 0.15) is 40.2 Å². The van der Waals surface area contributed by atoms with Gasteiger partial charge in [-0.15, -0.1) is 0 Å². The second kappa shape index (κ2) is 8.59. The molecule has 4 heteroatoms. The quantitative estimate of drug-likeness (QED) is 0.444. The van der Waals surface area contributed by atoms with Crippen LogP contribution in [0.5, 0.6) is 0 Å². The molecule has 24 heavy (non-hydrogen) atoms. The van der Waals surface area contributed by atoms with Crippen LogP contribution in [0.2, 0.25) is 18.1 Å². The third-order valence-electron chi connectivity index (χ3n) is 5.26. The molecule has 0 N–H and O–H groups in total. The molecule has 0 heterocycles. The predicted octanol–water partition coefficient (Wildman–Crippen LogP) is 5.87. The molecule has 0 radical (unpaired) electrons. The zero-order chi connectivity index (χ0) is 18.5. The summed E-state index contributed by atoms with van der Waals surface area (Å²) in [5, 5.41) is 0.810. The minimum absolute atomic E-state index is 0.0681. The minimum Gasteiger partial charge on any atom is -0.490 e. The molecule has 0 saturated heterocycles. The third kappa shape index (κ3) is 5.68. The summed E-state index contributed by atoms with van der Waals surface area (Å²) in [6.07, 6.45) is 1.05. The van der Waals surface area contributed by atoms with Crippen LogP contribution >= 0.6 is 12.2 Å². The first-order chi connectivity index (χ1) is 11.0. The van der Waals surface area contributed by atoms with E-state index in [0.717, 1.165) is 6.42 Å². The van der Waals surface area contributed by atoms with Gasteiger partial charge in [0.2, 0.25) is 0 Å². The molecule has 1 aromatic rings. The normalized spacial score (nSPS) is 16.3. The van der Waals surface area contributed by atoms with E-state index in [1.807, 2.05) is 0 Å². The van der Waals surface area contributed by atoms with Gasteiger partial charge in [0, 0.05) is 5.92 Å². The van der Waals surface area contributed by atoms with Gasteiger partial charge in [-0.2, -0.15) is 0 Å². The van der Waals surface area contributed by atoms with Crippen molar-refractivity contribution in [3.63, 3.8) is 0 Å². The lowest BCUT2D eigenvalue weighted by Gasteiger charge is -2.42. The number of thiocarbonyl (C=S) groups is 1. The number of hydrogen-bond donors (Lipinski definition) is 0. The lowest BCUT2D eigenvalue weighted by atomic mass is 9.89. The zero-order valence-corrected chi connectivity index (χ0v) is 18.4. The van der Waals surface area contributed by atoms with Crippen LogP contribution in [-0.4, -0.2) is 26.6 Å². The molecule has 0 spiro atoms. The molecule has 0 aliphatic rings. The summed E-state index contributed by atoms with van der Waals surface area (Å²) in [4.78, 5) is 0. The van der Waals surface area contributed by atoms with Crippen LogP contribution < -0.4 is 0 Å². The fraction of sp³-hybridized carbons (Fsp3) is 0.650. The van der Waals surface area contributed by atoms with E-state index in [4.69, 9.17) is 21.4 Å². The van der Waals surface area contributed by atoms with Crippen molar-refractivity contribution in [3.8, 4) is 0 Å². The fourth-order valence-corrected chi connectivity index (χ4v) is 4.25. The first-order valence-corrected chi connectivity index (χ1v) is 12.1. The summed E-state index contributed by atoms with van der Waals surface area (Å²) < 4.78 is 12.2. The Morgan fingerprint density at radius 3 is 2.12 bits per heavy atom. The predicted molar refractivity (Wildman–Crippen MR) is 110 cm³/mol. The van der Waals surface area contributed by atoms with Gasteiger partial charge < -0.3 is 9.16 Å². The molecular formula is C20H34O2SSi. The van der Waals surface area contributed by atoms with Gasteiger partial charge in [-0.05, 0) is 48.3 Å². The Morgan fingerprint density at radius 1 is 1.12 bits per heavy atom. The minimum atomic E-state index is -1.88. The molecular weight excluding hydrogens is 332 g/mol. The van der Waals surface area contributed by atoms with E-state index >= 15 is 0 Å². The standard InChI is InChI=1S/C20H34O2SSi/c1-15(14-17-12-10-9-11-13-17)18(16(2)19(23)21-6)22-24(7,8)20(3,4)5/h9-13,15-16,18H,14H2,1-8H3. The molecule has 0 saturated carbocycles. The van der Waals surface area contributed by atoms with Crippen molar-refractivity contribution in [1.82, 2.24) is 0 Å². The average Bonchev–Trinajstić information content (AvgIpc) is 2.51. The average molecular weight is 367 g/mol. The van der Waals surface area contributed by atoms with Crippen molar-refractivity contribution >= 4 is 25.6 Å². The van der Waals surface area contributed by atoms with Crippen molar-refractivity contribution in [2.24, 2.45) is 11.8 Å². The first kappa shape index (κ1) is 21.3. The zero-order valence-electron chi connectivity index (χ0n) is 16.6. The number of methoxy groups -OCH3 is 1. The second-order valence-corrected chi connectivity index (χ2v) is 13.5. The van der Waals surface area contributed by atoms with Gasteiger partial charge in [-0.1, -0.05) is 65.0 Å². The number of hydrogen-bond acceptors (Lipinski definition) is 3. The maximum Gasteiger partial charge on any atom is 0.192 e. The van der Waals surface area contributed by atoms with E-state index in [1.165, 1.54) is 5.56 Å². The Balaban J connectivity index is 3.02. The fourth-order valence-electron chi connectivity index (χ4n) is 2.65. The maximum atomic E-state index is 6.79. The highest BCUT2D eigenvalue weighted by atomic mass is 32.1. The molecule has 136 valence electrons. The van der Waals surface area contributed by atoms with Crippen LogP contribution in [-0.2, 0) is 15.6 Å². The van der Waals surface area contributed by atoms with Crippen LogP contribution in [0.25, 0.3) is 0 Å². The van der Waals surface area contributed by atoms with Gasteiger partial charge in [-0.25, -0.2) is 0 Å². The third-order valence-corrected chi connectivity index (χ3v) is 10.3. The van der Waals surface area contributed by atoms with E-state index < -0.39 is 8.32 Å². The number of ether oxygens (including phenoxy) is 1. The molecule has 0 bridgehead atoms. The largest absolute Gasteiger partial charge is 0.490 e. The van der Waals surface area contributed by atoms with E-state index in [0.29, 0.717) is 11.0 Å². The highest BCUT2D eigenvalue weighted by Gasteiger charge is 2.42. The highest BCUT2D eigenvalue weighted by Crippen LogP contribution is 2.39. The Bertz CT molecular complexity index is 522. The monoisotopic (exact) mass is 366 g/mol. The van der Waals surface area contributed by atoms with Crippen molar-refractivity contribution in [3.05, 3.63) is 35.9 Å². The lowest BCUT2D eigenvalue weighted by Crippen LogP contribution is -2.48. The topological polar surface area (TPSA) is 18.5 Å². The molecule has 1 rings (SSSR count). The Hall–Kier alpha value is -0.713. The number of rotatable bonds is 7. The Morgan fingerprint density at radius 2 is 1.67 bits per heavy atom. The van der Waals surface area contributed by atoms with Crippen LogP contribution in [0.4, 0.5) is 0 Å². The molecule has 2 nitrogen and oxygen atoms in total. The Labute approximate surface area is 155 Å². The molecule has 0 amide bonds. The summed E-state index contributed by atoms with van der Waals surface area (Å²) in [6, 6.07) is 10.6. The molecule has 3 atom stereocenters. The first-order valence-electron chi connectivity index (χ1n) is 8.79. The molecule has 1 aromatic carbocycles. The number of benzene rings is 1. The van der Waals surface area contributed by atoms with Crippen molar-refractivity contribution < 1.29 is 9.16 Å². The van der Waals surface area contributed by atoms with Crippen molar-refractivity contribution in [2.75, 3.05) is 7.11 Å². The van der Waals surface area contributed by atoms with E-state index in [1.54, 1.807) is 7.11 Å². The highest BCUT2D eigenvalue weighted by molar-refractivity contribution is 7.80. The summed E-state index contributed by atoms with van der Waals surface area (Å²) in [5.41, 5.74) is 1.34. The SMILES string of the molecule is COC(=S)C(C)C(O[Si](C)(C)C(C)(C)C)C(C)Cc1ccccc1. The van der Waals surface area contributed by atoms with Gasteiger partial charge in [0.25, 0.3) is 0 Å². The van der Waals surface area contributed by atoms with E-state index in [-0.39, 0.29) is 17.1 Å². The molecule has 0 fully saturated rings. The van der Waals surface area contributed by atoms with Crippen molar-refractivity contribution in [1.29, 1.82) is 0 Å². The van der Waals surface area contributed by atoms with Gasteiger partial charge in [-0.3, -0.25) is 0 Å². The molecule has 0 aliphatic carbocycles. The van der Waals surface area contributed by atoms with E-state index in [9.17, 15) is 0 Å². The summed E-state index contributed by atoms with van der Waals surface area (Å²) in [6.45, 7) is 15.8. The van der Waals surface area contributed by atoms with E-state index in [2.05, 4.69) is 78.0 Å².